The smallest absolute Gasteiger partial charge is 0.0497 e. The molecule has 0 nitrogen and oxygen atoms in total. The predicted octanol–water partition coefficient (Wildman–Crippen LogP) is 13.8. The molecule has 0 aliphatic carbocycles. The molecule has 0 bridgehead atoms. The molecular weight excluding hydrogens is 671 g/mol. The fraction of sp³-hybridized carbons (Fsp3) is 0. The molecule has 0 atom stereocenters. The van der Waals surface area contributed by atoms with Gasteiger partial charge in [0.05, 0.1) is 0 Å². The molecule has 0 saturated carbocycles. The highest BCUT2D eigenvalue weighted by Gasteiger charge is 2.16. The van der Waals surface area contributed by atoms with E-state index >= 15 is 0 Å². The Morgan fingerprint density at radius 2 is 0.596 bits per heavy atom. The largest absolute Gasteiger partial charge is 0.0836 e. The summed E-state index contributed by atoms with van der Waals surface area (Å²) in [5.74, 6) is 13.3. The lowest BCUT2D eigenvalue weighted by Crippen LogP contribution is -1.92. The van der Waals surface area contributed by atoms with Gasteiger partial charge in [-0.05, 0) is 79.5 Å². The minimum absolute atomic E-state index is 0.643. The van der Waals surface area contributed by atoms with Crippen LogP contribution in [0.3, 0.4) is 0 Å². The zero-order valence-electron chi connectivity index (χ0n) is 27.9. The SMILES string of the molecule is Clc1cccc2c(C#Cc3ccccc3)c3c(Cl)cccc3c(C#Cc3ccccc3)c12.c1cc2cccc3c4cccc5cccc(c(c1)c23)c54. The second kappa shape index (κ2) is 13.5. The van der Waals surface area contributed by atoms with Crippen LogP contribution >= 0.6 is 23.2 Å². The van der Waals surface area contributed by atoms with E-state index in [0.717, 1.165) is 43.8 Å². The van der Waals surface area contributed by atoms with Crippen LogP contribution in [0.5, 0.6) is 0 Å². The summed E-state index contributed by atoms with van der Waals surface area (Å²) < 4.78 is 0. The normalized spacial score (nSPS) is 11.0. The first-order valence-corrected chi connectivity index (χ1v) is 17.9. The Labute approximate surface area is 312 Å². The van der Waals surface area contributed by atoms with Gasteiger partial charge in [-0.25, -0.2) is 0 Å². The van der Waals surface area contributed by atoms with Crippen LogP contribution in [0.2, 0.25) is 10.0 Å². The van der Waals surface area contributed by atoms with E-state index in [9.17, 15) is 0 Å². The molecule has 0 spiro atoms. The van der Waals surface area contributed by atoms with Crippen LogP contribution < -0.4 is 0 Å². The molecule has 0 aliphatic rings. The average Bonchev–Trinajstić information content (AvgIpc) is 3.19. The van der Waals surface area contributed by atoms with E-state index in [0.29, 0.717) is 10.0 Å². The standard InChI is InChI=1S/C30H16Cl2.C20H12/c31-27-15-8-14-24-26(20-18-22-11-5-2-6-12-22)30-23(13-7-16-28(30)32)25(29(24)27)19-17-21-9-3-1-4-10-21;1-5-13-6-2-11-17-18-12-4-8-14-7-3-10-16(20(14)18)15(9-1)19(13)17/h1-16H;1-12H. The third kappa shape index (κ3) is 5.57. The highest BCUT2D eigenvalue weighted by atomic mass is 35.5. The van der Waals surface area contributed by atoms with Crippen molar-refractivity contribution in [3.8, 4) is 23.7 Å². The maximum atomic E-state index is 6.72. The van der Waals surface area contributed by atoms with Gasteiger partial charge in [-0.15, -0.1) is 0 Å². The van der Waals surface area contributed by atoms with E-state index in [4.69, 9.17) is 23.2 Å². The van der Waals surface area contributed by atoms with Crippen molar-refractivity contribution in [3.05, 3.63) is 202 Å². The van der Waals surface area contributed by atoms with Gasteiger partial charge in [-0.2, -0.15) is 0 Å². The molecule has 0 unspecified atom stereocenters. The van der Waals surface area contributed by atoms with Gasteiger partial charge in [0.15, 0.2) is 0 Å². The average molecular weight is 700 g/mol. The van der Waals surface area contributed by atoms with Crippen LogP contribution in [0.4, 0.5) is 0 Å². The first-order chi connectivity index (χ1) is 25.7. The number of hydrogen-bond acceptors (Lipinski definition) is 0. The van der Waals surface area contributed by atoms with E-state index in [1.54, 1.807) is 0 Å². The van der Waals surface area contributed by atoms with Crippen LogP contribution in [0.25, 0.3) is 64.6 Å². The maximum Gasteiger partial charge on any atom is 0.0497 e. The highest BCUT2D eigenvalue weighted by molar-refractivity contribution is 6.39. The Kier molecular flexibility index (Phi) is 8.20. The van der Waals surface area contributed by atoms with E-state index in [1.807, 2.05) is 97.1 Å². The summed E-state index contributed by atoms with van der Waals surface area (Å²) in [5.41, 5.74) is 3.60. The maximum absolute atomic E-state index is 6.72. The van der Waals surface area contributed by atoms with Crippen molar-refractivity contribution in [1.29, 1.82) is 0 Å². The lowest BCUT2D eigenvalue weighted by Gasteiger charge is -2.13. The summed E-state index contributed by atoms with van der Waals surface area (Å²) in [4.78, 5) is 0. The monoisotopic (exact) mass is 698 g/mol. The second-order valence-corrected chi connectivity index (χ2v) is 13.5. The minimum atomic E-state index is 0.643. The zero-order valence-corrected chi connectivity index (χ0v) is 29.4. The molecule has 0 amide bonds. The molecule has 0 saturated heterocycles. The summed E-state index contributed by atoms with van der Waals surface area (Å²) in [6, 6.07) is 58.0. The molecule has 0 aromatic heterocycles. The van der Waals surface area contributed by atoms with Crippen molar-refractivity contribution in [3.63, 3.8) is 0 Å². The van der Waals surface area contributed by atoms with Gasteiger partial charge in [0, 0.05) is 53.8 Å². The van der Waals surface area contributed by atoms with Crippen LogP contribution in [0.15, 0.2) is 170 Å². The van der Waals surface area contributed by atoms with E-state index in [1.165, 1.54) is 43.1 Å². The number of fused-ring (bicyclic) bond motifs is 4. The predicted molar refractivity (Wildman–Crippen MR) is 224 cm³/mol. The van der Waals surface area contributed by atoms with Crippen LogP contribution in [-0.4, -0.2) is 0 Å². The first-order valence-electron chi connectivity index (χ1n) is 17.2. The summed E-state index contributed by atoms with van der Waals surface area (Å²) in [6.45, 7) is 0. The van der Waals surface area contributed by atoms with Crippen molar-refractivity contribution in [2.75, 3.05) is 0 Å². The Hall–Kier alpha value is -6.28. The van der Waals surface area contributed by atoms with Crippen molar-refractivity contribution in [2.45, 2.75) is 0 Å². The van der Waals surface area contributed by atoms with Crippen LogP contribution in [0, 0.1) is 23.7 Å². The number of hydrogen-bond donors (Lipinski definition) is 0. The first kappa shape index (κ1) is 31.7. The summed E-state index contributed by atoms with van der Waals surface area (Å²) >= 11 is 13.4. The van der Waals surface area contributed by atoms with Gasteiger partial charge < -0.3 is 0 Å². The van der Waals surface area contributed by atoms with Gasteiger partial charge in [0.1, 0.15) is 0 Å². The molecule has 0 aliphatic heterocycles. The van der Waals surface area contributed by atoms with Gasteiger partial charge in [-0.1, -0.05) is 180 Å². The zero-order chi connectivity index (χ0) is 35.0. The van der Waals surface area contributed by atoms with Crippen molar-refractivity contribution in [2.24, 2.45) is 0 Å². The molecule has 0 fully saturated rings. The fourth-order valence-electron chi connectivity index (χ4n) is 7.39. The van der Waals surface area contributed by atoms with Gasteiger partial charge >= 0.3 is 0 Å². The third-order valence-electron chi connectivity index (χ3n) is 9.67. The van der Waals surface area contributed by atoms with Crippen LogP contribution in [-0.2, 0) is 0 Å². The molecule has 10 aromatic rings. The number of rotatable bonds is 0. The molecular formula is C50H28Cl2. The molecule has 0 N–H and O–H groups in total. The molecule has 0 heterocycles. The quantitative estimate of drug-likeness (QED) is 0.0840. The summed E-state index contributed by atoms with van der Waals surface area (Å²) in [6.07, 6.45) is 0. The highest BCUT2D eigenvalue weighted by Crippen LogP contribution is 2.41. The third-order valence-corrected chi connectivity index (χ3v) is 10.3. The Balaban J connectivity index is 0.000000153. The number of halogens is 2. The van der Waals surface area contributed by atoms with Crippen molar-refractivity contribution < 1.29 is 0 Å². The lowest BCUT2D eigenvalue weighted by molar-refractivity contribution is 1.64. The molecule has 242 valence electrons. The summed E-state index contributed by atoms with van der Waals surface area (Å²) in [7, 11) is 0. The van der Waals surface area contributed by atoms with E-state index in [-0.39, 0.29) is 0 Å². The molecule has 10 rings (SSSR count). The molecule has 10 aromatic carbocycles. The van der Waals surface area contributed by atoms with Crippen molar-refractivity contribution >= 4 is 87.8 Å². The molecule has 0 radical (unpaired) electrons. The second-order valence-electron chi connectivity index (χ2n) is 12.7. The van der Waals surface area contributed by atoms with Gasteiger partial charge in [0.2, 0.25) is 0 Å². The van der Waals surface area contributed by atoms with Gasteiger partial charge in [0.25, 0.3) is 0 Å². The molecule has 2 heteroatoms. The van der Waals surface area contributed by atoms with Crippen molar-refractivity contribution in [1.82, 2.24) is 0 Å². The Morgan fingerprint density at radius 3 is 0.962 bits per heavy atom. The lowest BCUT2D eigenvalue weighted by atomic mass is 9.90. The van der Waals surface area contributed by atoms with Crippen LogP contribution in [0.1, 0.15) is 22.3 Å². The topological polar surface area (TPSA) is 0 Å². The van der Waals surface area contributed by atoms with E-state index in [2.05, 4.69) is 96.5 Å². The van der Waals surface area contributed by atoms with Gasteiger partial charge in [-0.3, -0.25) is 0 Å². The molecule has 52 heavy (non-hydrogen) atoms. The summed E-state index contributed by atoms with van der Waals surface area (Å²) in [5, 5.41) is 15.8. The number of benzene rings is 10. The Morgan fingerprint density at radius 1 is 0.269 bits per heavy atom. The fourth-order valence-corrected chi connectivity index (χ4v) is 7.93. The van der Waals surface area contributed by atoms with E-state index < -0.39 is 0 Å². The minimum Gasteiger partial charge on any atom is -0.0836 e. The Bertz CT molecular complexity index is 2790.